The van der Waals surface area contributed by atoms with Crippen molar-refractivity contribution in [3.63, 3.8) is 0 Å². The third kappa shape index (κ3) is 4.39. The summed E-state index contributed by atoms with van der Waals surface area (Å²) in [6.45, 7) is 0.125. The molecule has 0 saturated carbocycles. The van der Waals surface area contributed by atoms with Gasteiger partial charge in [-0.05, 0) is 17.7 Å². The van der Waals surface area contributed by atoms with Gasteiger partial charge in [-0.2, -0.15) is 0 Å². The lowest BCUT2D eigenvalue weighted by Crippen LogP contribution is -2.59. The van der Waals surface area contributed by atoms with Crippen molar-refractivity contribution in [3.8, 4) is 5.75 Å². The van der Waals surface area contributed by atoms with Crippen LogP contribution in [0.4, 0.5) is 13.2 Å². The first kappa shape index (κ1) is 20.1. The Morgan fingerprint density at radius 2 is 1.55 bits per heavy atom. The van der Waals surface area contributed by atoms with E-state index in [2.05, 4.69) is 4.74 Å². The van der Waals surface area contributed by atoms with E-state index in [1.807, 2.05) is 30.3 Å². The smallest absolute Gasteiger partial charge is 0.406 e. The molecule has 0 aromatic heterocycles. The zero-order valence-corrected chi connectivity index (χ0v) is 15.0. The van der Waals surface area contributed by atoms with Crippen molar-refractivity contribution in [1.29, 1.82) is 0 Å². The van der Waals surface area contributed by atoms with Gasteiger partial charge in [0.1, 0.15) is 36.3 Å². The van der Waals surface area contributed by atoms with Crippen molar-refractivity contribution in [2.75, 3.05) is 6.61 Å². The van der Waals surface area contributed by atoms with Gasteiger partial charge in [0.25, 0.3) is 0 Å². The highest BCUT2D eigenvalue weighted by atomic mass is 19.4. The maximum Gasteiger partial charge on any atom is 0.573 e. The molecule has 2 saturated heterocycles. The molecular formula is C20H19F3O6. The Bertz CT molecular complexity index is 811. The van der Waals surface area contributed by atoms with E-state index in [1.54, 1.807) is 0 Å². The summed E-state index contributed by atoms with van der Waals surface area (Å²) in [6, 6.07) is 14.1. The molecule has 2 aromatic carbocycles. The third-order valence-electron chi connectivity index (χ3n) is 4.89. The van der Waals surface area contributed by atoms with Gasteiger partial charge in [0, 0.05) is 5.56 Å². The zero-order valence-electron chi connectivity index (χ0n) is 15.0. The summed E-state index contributed by atoms with van der Waals surface area (Å²) in [5.74, 6) is -0.389. The maximum atomic E-state index is 12.3. The molecule has 0 amide bonds. The summed E-state index contributed by atoms with van der Waals surface area (Å²) >= 11 is 0. The van der Waals surface area contributed by atoms with Gasteiger partial charge in [-0.1, -0.05) is 42.5 Å². The summed E-state index contributed by atoms with van der Waals surface area (Å²) in [6.07, 6.45) is -10.5. The second-order valence-corrected chi connectivity index (χ2v) is 6.87. The number of halogens is 3. The van der Waals surface area contributed by atoms with E-state index in [0.717, 1.165) is 17.7 Å². The standard InChI is InChI=1S/C20H19F3O6/c21-20(22,23)29-13-8-6-11(7-9-13)17-15(24)16(25)18-14(27-17)10-26-19(28-18)12-4-2-1-3-5-12/h1-9,14-19,24-25H,10H2/t14-,15-,16-,17+,18-,19?/m1/s1. The number of benzene rings is 2. The van der Waals surface area contributed by atoms with Crippen molar-refractivity contribution < 1.29 is 42.3 Å². The highest BCUT2D eigenvalue weighted by Crippen LogP contribution is 2.39. The van der Waals surface area contributed by atoms with Gasteiger partial charge in [0.05, 0.1) is 6.61 Å². The molecule has 2 heterocycles. The van der Waals surface area contributed by atoms with Gasteiger partial charge in [-0.25, -0.2) is 0 Å². The molecule has 6 nitrogen and oxygen atoms in total. The van der Waals surface area contributed by atoms with Crippen molar-refractivity contribution in [2.45, 2.75) is 43.2 Å². The molecule has 0 spiro atoms. The van der Waals surface area contributed by atoms with Crippen LogP contribution in [0.3, 0.4) is 0 Å². The molecule has 0 radical (unpaired) electrons. The van der Waals surface area contributed by atoms with Crippen molar-refractivity contribution in [1.82, 2.24) is 0 Å². The Balaban J connectivity index is 1.47. The number of aliphatic hydroxyl groups is 2. The van der Waals surface area contributed by atoms with Crippen molar-refractivity contribution in [3.05, 3.63) is 65.7 Å². The Labute approximate surface area is 164 Å². The van der Waals surface area contributed by atoms with Crippen LogP contribution in [0.15, 0.2) is 54.6 Å². The molecule has 29 heavy (non-hydrogen) atoms. The quantitative estimate of drug-likeness (QED) is 0.808. The monoisotopic (exact) mass is 412 g/mol. The summed E-state index contributed by atoms with van der Waals surface area (Å²) < 4.78 is 58.1. The average Bonchev–Trinajstić information content (AvgIpc) is 2.71. The van der Waals surface area contributed by atoms with E-state index in [9.17, 15) is 23.4 Å². The van der Waals surface area contributed by atoms with Crippen molar-refractivity contribution >= 4 is 0 Å². The molecule has 2 aromatic rings. The molecule has 4 rings (SSSR count). The van der Waals surface area contributed by atoms with Crippen molar-refractivity contribution in [2.24, 2.45) is 0 Å². The summed E-state index contributed by atoms with van der Waals surface area (Å²) in [5.41, 5.74) is 1.17. The summed E-state index contributed by atoms with van der Waals surface area (Å²) in [4.78, 5) is 0. The summed E-state index contributed by atoms with van der Waals surface area (Å²) in [7, 11) is 0. The Morgan fingerprint density at radius 3 is 2.21 bits per heavy atom. The van der Waals surface area contributed by atoms with Crippen LogP contribution in [0.25, 0.3) is 0 Å². The fourth-order valence-electron chi connectivity index (χ4n) is 3.53. The first-order valence-electron chi connectivity index (χ1n) is 9.01. The lowest BCUT2D eigenvalue weighted by molar-refractivity contribution is -0.330. The van der Waals surface area contributed by atoms with Gasteiger partial charge < -0.3 is 29.2 Å². The fraction of sp³-hybridized carbons (Fsp3) is 0.400. The highest BCUT2D eigenvalue weighted by Gasteiger charge is 2.49. The Morgan fingerprint density at radius 1 is 0.862 bits per heavy atom. The number of fused-ring (bicyclic) bond motifs is 1. The number of hydrogen-bond donors (Lipinski definition) is 2. The van der Waals surface area contributed by atoms with Crippen LogP contribution in [-0.2, 0) is 14.2 Å². The van der Waals surface area contributed by atoms with Gasteiger partial charge >= 0.3 is 6.36 Å². The number of hydrogen-bond acceptors (Lipinski definition) is 6. The largest absolute Gasteiger partial charge is 0.573 e. The number of aliphatic hydroxyl groups excluding tert-OH is 2. The highest BCUT2D eigenvalue weighted by molar-refractivity contribution is 5.30. The fourth-order valence-corrected chi connectivity index (χ4v) is 3.53. The van der Waals surface area contributed by atoms with Crippen LogP contribution in [0, 0.1) is 0 Å². The molecule has 1 unspecified atom stereocenters. The van der Waals surface area contributed by atoms with Crippen LogP contribution in [0.2, 0.25) is 0 Å². The minimum atomic E-state index is -4.79. The SMILES string of the molecule is O[C@@H]1[C@@H](O)[C@H](c2ccc(OC(F)(F)F)cc2)O[C@@H]2COC(c3ccccc3)O[C@@H]12. The second-order valence-electron chi connectivity index (χ2n) is 6.87. The normalized spacial score (nSPS) is 32.4. The van der Waals surface area contributed by atoms with Gasteiger partial charge in [-0.3, -0.25) is 0 Å². The van der Waals surface area contributed by atoms with Gasteiger partial charge in [0.2, 0.25) is 0 Å². The van der Waals surface area contributed by atoms with Crippen LogP contribution >= 0.6 is 0 Å². The number of ether oxygens (including phenoxy) is 4. The molecule has 2 N–H and O–H groups in total. The molecular weight excluding hydrogens is 393 g/mol. The van der Waals surface area contributed by atoms with Crippen LogP contribution in [-0.4, -0.2) is 47.6 Å². The first-order valence-corrected chi connectivity index (χ1v) is 9.01. The van der Waals surface area contributed by atoms with E-state index < -0.39 is 43.2 Å². The molecule has 156 valence electrons. The topological polar surface area (TPSA) is 77.4 Å². The number of alkyl halides is 3. The van der Waals surface area contributed by atoms with E-state index in [-0.39, 0.29) is 12.4 Å². The predicted molar refractivity (Wildman–Crippen MR) is 92.8 cm³/mol. The van der Waals surface area contributed by atoms with Crippen LogP contribution < -0.4 is 4.74 Å². The number of rotatable bonds is 3. The lowest BCUT2D eigenvalue weighted by Gasteiger charge is -2.46. The van der Waals surface area contributed by atoms with Gasteiger partial charge in [-0.15, -0.1) is 13.2 Å². The summed E-state index contributed by atoms with van der Waals surface area (Å²) in [5, 5.41) is 21.1. The average molecular weight is 412 g/mol. The molecule has 0 aliphatic carbocycles. The predicted octanol–water partition coefficient (Wildman–Crippen LogP) is 2.86. The molecule has 6 atom stereocenters. The van der Waals surface area contributed by atoms with E-state index in [0.29, 0.717) is 5.56 Å². The van der Waals surface area contributed by atoms with Crippen LogP contribution in [0.5, 0.6) is 5.75 Å². The minimum Gasteiger partial charge on any atom is -0.406 e. The first-order chi connectivity index (χ1) is 13.8. The van der Waals surface area contributed by atoms with E-state index in [4.69, 9.17) is 14.2 Å². The molecule has 2 fully saturated rings. The van der Waals surface area contributed by atoms with E-state index in [1.165, 1.54) is 12.1 Å². The zero-order chi connectivity index (χ0) is 20.6. The lowest BCUT2D eigenvalue weighted by atomic mass is 9.90. The third-order valence-corrected chi connectivity index (χ3v) is 4.89. The van der Waals surface area contributed by atoms with E-state index >= 15 is 0 Å². The maximum absolute atomic E-state index is 12.3. The van der Waals surface area contributed by atoms with Crippen LogP contribution in [0.1, 0.15) is 23.5 Å². The second kappa shape index (κ2) is 7.92. The molecule has 0 bridgehead atoms. The van der Waals surface area contributed by atoms with Gasteiger partial charge in [0.15, 0.2) is 6.29 Å². The Kier molecular flexibility index (Phi) is 5.50. The molecule has 9 heteroatoms. The molecule has 2 aliphatic rings. The molecule has 2 aliphatic heterocycles. The Hall–Kier alpha value is -2.17. The minimum absolute atomic E-state index is 0.125.